The Morgan fingerprint density at radius 2 is 2.08 bits per heavy atom. The highest BCUT2D eigenvalue weighted by Crippen LogP contribution is 1.87. The summed E-state index contributed by atoms with van der Waals surface area (Å²) in [7, 11) is 0. The van der Waals surface area contributed by atoms with Crippen LogP contribution in [0.4, 0.5) is 0 Å². The van der Waals surface area contributed by atoms with Crippen LogP contribution in [0.15, 0.2) is 0 Å². The summed E-state index contributed by atoms with van der Waals surface area (Å²) in [5.41, 5.74) is 0. The lowest BCUT2D eigenvalue weighted by Crippen LogP contribution is -2.05. The molecule has 0 rings (SSSR count). The lowest BCUT2D eigenvalue weighted by molar-refractivity contribution is -0.139. The molecule has 0 radical (unpaired) electrons. The first-order valence-corrected chi connectivity index (χ1v) is 3.83. The van der Waals surface area contributed by atoms with Gasteiger partial charge < -0.3 is 4.74 Å². The van der Waals surface area contributed by atoms with Crippen molar-refractivity contribution in [1.82, 2.24) is 0 Å². The molecule has 3 nitrogen and oxygen atoms in total. The van der Waals surface area contributed by atoms with E-state index in [9.17, 15) is 9.59 Å². The molecule has 0 aromatic heterocycles. The Kier molecular flexibility index (Phi) is 5.72. The fourth-order valence-corrected chi connectivity index (χ4v) is 0.508. The van der Waals surface area contributed by atoms with Crippen LogP contribution in [0, 0.1) is 12.0 Å². The molecular weight excluding hydrogens is 156 g/mol. The van der Waals surface area contributed by atoms with Crippen LogP contribution in [-0.4, -0.2) is 11.8 Å². The summed E-state index contributed by atoms with van der Waals surface area (Å²) in [5.74, 6) is 1.85. The minimum absolute atomic E-state index is 0.194. The highest BCUT2D eigenvalue weighted by Gasteiger charge is 2.03. The van der Waals surface area contributed by atoms with Crippen LogP contribution < -0.4 is 0 Å². The highest BCUT2D eigenvalue weighted by atomic mass is 16.5. The van der Waals surface area contributed by atoms with Crippen molar-refractivity contribution >= 4 is 11.8 Å². The third kappa shape index (κ3) is 6.81. The smallest absolute Gasteiger partial charge is 0.327 e. The van der Waals surface area contributed by atoms with E-state index in [0.29, 0.717) is 6.42 Å². The van der Waals surface area contributed by atoms with Crippen molar-refractivity contribution in [2.75, 3.05) is 0 Å². The summed E-state index contributed by atoms with van der Waals surface area (Å²) in [4.78, 5) is 21.1. The van der Waals surface area contributed by atoms with E-state index in [2.05, 4.69) is 16.8 Å². The van der Waals surface area contributed by atoms with Crippen LogP contribution in [0.5, 0.6) is 0 Å². The van der Waals surface area contributed by atoms with Gasteiger partial charge in [0, 0.05) is 6.42 Å². The zero-order valence-corrected chi connectivity index (χ0v) is 7.35. The van der Waals surface area contributed by atoms with Crippen LogP contribution in [0.25, 0.3) is 0 Å². The van der Waals surface area contributed by atoms with E-state index in [1.165, 1.54) is 6.92 Å². The minimum atomic E-state index is -0.578. The molecule has 0 fully saturated rings. The summed E-state index contributed by atoms with van der Waals surface area (Å²) in [6.07, 6.45) is 3.68. The minimum Gasteiger partial charge on any atom is -0.372 e. The van der Waals surface area contributed by atoms with E-state index in [-0.39, 0.29) is 12.2 Å². The van der Waals surface area contributed by atoms with Crippen LogP contribution in [0.3, 0.4) is 0 Å². The number of rotatable bonds is 3. The van der Waals surface area contributed by atoms with Gasteiger partial charge in [-0.3, -0.25) is 9.59 Å². The van der Waals surface area contributed by atoms with Crippen molar-refractivity contribution in [3.8, 4) is 12.0 Å². The van der Waals surface area contributed by atoms with E-state index in [1.807, 2.05) is 6.92 Å². The Balaban J connectivity index is 3.59. The molecule has 12 heavy (non-hydrogen) atoms. The van der Waals surface area contributed by atoms with E-state index in [0.717, 1.165) is 6.42 Å². The zero-order chi connectivity index (χ0) is 9.40. The molecule has 0 amide bonds. The predicted octanol–water partition coefficient (Wildman–Crippen LogP) is 1.27. The number of hydrogen-bond donors (Lipinski definition) is 0. The quantitative estimate of drug-likeness (QED) is 0.362. The number of hydrogen-bond acceptors (Lipinski definition) is 3. The molecule has 0 aliphatic carbocycles. The molecule has 66 valence electrons. The monoisotopic (exact) mass is 168 g/mol. The number of ether oxygens (including phenoxy) is 1. The Morgan fingerprint density at radius 1 is 1.42 bits per heavy atom. The number of ketones is 1. The second-order valence-electron chi connectivity index (χ2n) is 2.38. The Bertz CT molecular complexity index is 220. The fourth-order valence-electron chi connectivity index (χ4n) is 0.508. The maximum Gasteiger partial charge on any atom is 0.327 e. The number of carbonyl (C=O) groups excluding carboxylic acids is 2. The summed E-state index contributed by atoms with van der Waals surface area (Å²) in [5, 5.41) is 0. The second-order valence-corrected chi connectivity index (χ2v) is 2.38. The number of esters is 1. The average Bonchev–Trinajstić information content (AvgIpc) is 1.97. The molecule has 0 aliphatic heterocycles. The topological polar surface area (TPSA) is 43.4 Å². The average molecular weight is 168 g/mol. The van der Waals surface area contributed by atoms with E-state index >= 15 is 0 Å². The van der Waals surface area contributed by atoms with E-state index in [1.54, 1.807) is 0 Å². The third-order valence-electron chi connectivity index (χ3n) is 1.01. The number of unbranched alkanes of at least 4 members (excludes halogenated alkanes) is 1. The first-order valence-electron chi connectivity index (χ1n) is 3.83. The van der Waals surface area contributed by atoms with E-state index in [4.69, 9.17) is 0 Å². The molecule has 3 heteroatoms. The van der Waals surface area contributed by atoms with Crippen molar-refractivity contribution in [1.29, 1.82) is 0 Å². The number of carbonyl (C=O) groups is 2. The predicted molar refractivity (Wildman–Crippen MR) is 44.1 cm³/mol. The zero-order valence-electron chi connectivity index (χ0n) is 7.35. The molecular formula is C9H12O3. The third-order valence-corrected chi connectivity index (χ3v) is 1.01. The molecule has 0 N–H and O–H groups in total. The molecule has 0 saturated carbocycles. The second kappa shape index (κ2) is 6.41. The molecule has 0 aromatic carbocycles. The fraction of sp³-hybridized carbons (Fsp3) is 0.556. The SMILES string of the molecule is CCCC#COC(=O)CC(C)=O. The van der Waals surface area contributed by atoms with Crippen molar-refractivity contribution in [3.05, 3.63) is 0 Å². The molecule has 0 unspecified atom stereocenters. The number of Topliss-reactive ketones (excluding diaryl/α,β-unsaturated/α-hetero) is 1. The van der Waals surface area contributed by atoms with Gasteiger partial charge in [-0.2, -0.15) is 0 Å². The first kappa shape index (κ1) is 10.7. The van der Waals surface area contributed by atoms with E-state index < -0.39 is 5.97 Å². The van der Waals surface area contributed by atoms with Gasteiger partial charge in [0.05, 0.1) is 0 Å². The maximum absolute atomic E-state index is 10.7. The summed E-state index contributed by atoms with van der Waals surface area (Å²) in [6, 6.07) is 0. The molecule has 0 bridgehead atoms. The van der Waals surface area contributed by atoms with Crippen LogP contribution in [0.2, 0.25) is 0 Å². The Hall–Kier alpha value is -1.30. The maximum atomic E-state index is 10.7. The van der Waals surface area contributed by atoms with Crippen molar-refractivity contribution in [2.45, 2.75) is 33.1 Å². The van der Waals surface area contributed by atoms with Gasteiger partial charge in [-0.05, 0) is 13.3 Å². The lowest BCUT2D eigenvalue weighted by atomic mass is 10.3. The molecule has 0 saturated heterocycles. The van der Waals surface area contributed by atoms with Gasteiger partial charge in [0.1, 0.15) is 18.3 Å². The van der Waals surface area contributed by atoms with Gasteiger partial charge in [0.2, 0.25) is 0 Å². The Labute approximate surface area is 72.1 Å². The normalized spacial score (nSPS) is 8.17. The molecule has 0 spiro atoms. The van der Waals surface area contributed by atoms with Crippen LogP contribution in [-0.2, 0) is 14.3 Å². The van der Waals surface area contributed by atoms with Gasteiger partial charge in [0.25, 0.3) is 0 Å². The van der Waals surface area contributed by atoms with Crippen molar-refractivity contribution < 1.29 is 14.3 Å². The Morgan fingerprint density at radius 3 is 2.58 bits per heavy atom. The van der Waals surface area contributed by atoms with Gasteiger partial charge in [-0.15, -0.1) is 0 Å². The molecule has 0 atom stereocenters. The summed E-state index contributed by atoms with van der Waals surface area (Å²) >= 11 is 0. The van der Waals surface area contributed by atoms with Crippen molar-refractivity contribution in [2.24, 2.45) is 0 Å². The van der Waals surface area contributed by atoms with Gasteiger partial charge in [-0.25, -0.2) is 0 Å². The summed E-state index contributed by atoms with van der Waals surface area (Å²) in [6.45, 7) is 3.31. The van der Waals surface area contributed by atoms with Gasteiger partial charge in [-0.1, -0.05) is 12.8 Å². The van der Waals surface area contributed by atoms with Gasteiger partial charge in [0.15, 0.2) is 0 Å². The highest BCUT2D eigenvalue weighted by molar-refractivity contribution is 5.94. The van der Waals surface area contributed by atoms with Crippen LogP contribution in [0.1, 0.15) is 33.1 Å². The standard InChI is InChI=1S/C9H12O3/c1-3-4-5-6-12-9(11)7-8(2)10/h3-4,7H2,1-2H3. The molecule has 0 aromatic rings. The first-order chi connectivity index (χ1) is 5.66. The van der Waals surface area contributed by atoms with Gasteiger partial charge >= 0.3 is 5.97 Å². The van der Waals surface area contributed by atoms with Crippen molar-refractivity contribution in [3.63, 3.8) is 0 Å². The van der Waals surface area contributed by atoms with Crippen LogP contribution >= 0.6 is 0 Å². The molecule has 0 aliphatic rings. The lowest BCUT2D eigenvalue weighted by Gasteiger charge is -1.90. The largest absolute Gasteiger partial charge is 0.372 e. The summed E-state index contributed by atoms with van der Waals surface area (Å²) < 4.78 is 4.43. The molecule has 0 heterocycles.